The number of benzene rings is 1. The Labute approximate surface area is 95.2 Å². The summed E-state index contributed by atoms with van der Waals surface area (Å²) in [6, 6.07) is 6.59. The lowest BCUT2D eigenvalue weighted by Gasteiger charge is -2.08. The maximum atomic E-state index is 11.4. The fourth-order valence-electron chi connectivity index (χ4n) is 1.15. The van der Waals surface area contributed by atoms with Crippen molar-refractivity contribution in [3.8, 4) is 5.75 Å². The van der Waals surface area contributed by atoms with Gasteiger partial charge in [0.1, 0.15) is 12.4 Å². The van der Waals surface area contributed by atoms with E-state index in [-0.39, 0.29) is 18.3 Å². The zero-order chi connectivity index (χ0) is 12.0. The van der Waals surface area contributed by atoms with Crippen molar-refractivity contribution < 1.29 is 14.6 Å². The maximum Gasteiger partial charge on any atom is 0.250 e. The first-order chi connectivity index (χ1) is 7.59. The minimum atomic E-state index is -0.262. The van der Waals surface area contributed by atoms with E-state index < -0.39 is 0 Å². The summed E-state index contributed by atoms with van der Waals surface area (Å²) in [7, 11) is 0. The Bertz CT molecular complexity index is 350. The van der Waals surface area contributed by atoms with Gasteiger partial charge in [0.15, 0.2) is 0 Å². The first kappa shape index (κ1) is 12.5. The van der Waals surface area contributed by atoms with Crippen LogP contribution in [0.25, 0.3) is 0 Å². The molecule has 4 nitrogen and oxygen atoms in total. The second-order valence-electron chi connectivity index (χ2n) is 3.97. The molecule has 1 aromatic rings. The predicted molar refractivity (Wildman–Crippen MR) is 62.4 cm³/mol. The predicted octanol–water partition coefficient (Wildman–Crippen LogP) is 2.00. The van der Waals surface area contributed by atoms with Crippen LogP contribution in [0.2, 0.25) is 0 Å². The van der Waals surface area contributed by atoms with Crippen LogP contribution in [-0.2, 0) is 9.53 Å². The second-order valence-corrected chi connectivity index (χ2v) is 3.97. The standard InChI is InChI=1S/C12H17NO3/c1-9(2)7-16-8-12(15)13-10-5-3-4-6-11(10)14/h3-6,9,14H,7-8H2,1-2H3,(H,13,15). The van der Waals surface area contributed by atoms with Gasteiger partial charge in [0.25, 0.3) is 0 Å². The molecule has 0 heterocycles. The zero-order valence-electron chi connectivity index (χ0n) is 9.56. The summed E-state index contributed by atoms with van der Waals surface area (Å²) >= 11 is 0. The van der Waals surface area contributed by atoms with Crippen molar-refractivity contribution in [3.63, 3.8) is 0 Å². The number of para-hydroxylation sites is 2. The van der Waals surface area contributed by atoms with E-state index in [2.05, 4.69) is 5.32 Å². The first-order valence-corrected chi connectivity index (χ1v) is 5.25. The van der Waals surface area contributed by atoms with E-state index in [9.17, 15) is 9.90 Å². The lowest BCUT2D eigenvalue weighted by Crippen LogP contribution is -2.19. The number of phenolic OH excluding ortho intramolecular Hbond substituents is 1. The fraction of sp³-hybridized carbons (Fsp3) is 0.417. The van der Waals surface area contributed by atoms with Crippen molar-refractivity contribution in [1.82, 2.24) is 0 Å². The summed E-state index contributed by atoms with van der Waals surface area (Å²) in [5.74, 6) is 0.194. The molecule has 0 saturated heterocycles. The number of nitrogens with one attached hydrogen (secondary N) is 1. The minimum absolute atomic E-state index is 0.00646. The van der Waals surface area contributed by atoms with Gasteiger partial charge in [-0.25, -0.2) is 0 Å². The van der Waals surface area contributed by atoms with E-state index in [1.54, 1.807) is 18.2 Å². The first-order valence-electron chi connectivity index (χ1n) is 5.25. The largest absolute Gasteiger partial charge is 0.506 e. The van der Waals surface area contributed by atoms with Gasteiger partial charge >= 0.3 is 0 Å². The van der Waals surface area contributed by atoms with Crippen LogP contribution in [0.1, 0.15) is 13.8 Å². The number of aromatic hydroxyl groups is 1. The van der Waals surface area contributed by atoms with E-state index in [0.717, 1.165) is 0 Å². The molecule has 0 fully saturated rings. The van der Waals surface area contributed by atoms with Crippen LogP contribution < -0.4 is 5.32 Å². The van der Waals surface area contributed by atoms with Crippen LogP contribution in [-0.4, -0.2) is 24.2 Å². The molecule has 1 amide bonds. The quantitative estimate of drug-likeness (QED) is 0.751. The number of hydrogen-bond donors (Lipinski definition) is 2. The number of phenols is 1. The van der Waals surface area contributed by atoms with Crippen LogP contribution in [0.5, 0.6) is 5.75 Å². The lowest BCUT2D eigenvalue weighted by molar-refractivity contribution is -0.120. The smallest absolute Gasteiger partial charge is 0.250 e. The van der Waals surface area contributed by atoms with Gasteiger partial charge in [0, 0.05) is 6.61 Å². The number of carbonyl (C=O) groups excluding carboxylic acids is 1. The zero-order valence-corrected chi connectivity index (χ0v) is 9.56. The summed E-state index contributed by atoms with van der Waals surface area (Å²) in [5, 5.41) is 12.0. The molecule has 1 aromatic carbocycles. The molecule has 0 aliphatic heterocycles. The van der Waals surface area contributed by atoms with Crippen molar-refractivity contribution in [1.29, 1.82) is 0 Å². The molecule has 4 heteroatoms. The maximum absolute atomic E-state index is 11.4. The number of anilines is 1. The third-order valence-corrected chi connectivity index (χ3v) is 1.86. The Balaban J connectivity index is 2.37. The van der Waals surface area contributed by atoms with Gasteiger partial charge in [-0.15, -0.1) is 0 Å². The summed E-state index contributed by atoms with van der Waals surface area (Å²) in [6.07, 6.45) is 0. The molecule has 0 spiro atoms. The van der Waals surface area contributed by atoms with E-state index >= 15 is 0 Å². The van der Waals surface area contributed by atoms with Crippen LogP contribution in [0.4, 0.5) is 5.69 Å². The van der Waals surface area contributed by atoms with E-state index in [1.807, 2.05) is 13.8 Å². The molecule has 2 N–H and O–H groups in total. The number of amides is 1. The van der Waals surface area contributed by atoms with Gasteiger partial charge in [-0.3, -0.25) is 4.79 Å². The highest BCUT2D eigenvalue weighted by Gasteiger charge is 2.05. The molecule has 0 aliphatic carbocycles. The molecule has 0 radical (unpaired) electrons. The van der Waals surface area contributed by atoms with E-state index in [4.69, 9.17) is 4.74 Å². The molecule has 1 rings (SSSR count). The van der Waals surface area contributed by atoms with Crippen molar-refractivity contribution in [2.45, 2.75) is 13.8 Å². The lowest BCUT2D eigenvalue weighted by atomic mass is 10.2. The molecule has 0 aliphatic rings. The second kappa shape index (κ2) is 6.12. The van der Waals surface area contributed by atoms with Crippen molar-refractivity contribution >= 4 is 11.6 Å². The highest BCUT2D eigenvalue weighted by molar-refractivity contribution is 5.93. The molecule has 16 heavy (non-hydrogen) atoms. The summed E-state index contributed by atoms with van der Waals surface area (Å²) in [5.41, 5.74) is 0.403. The number of hydrogen-bond acceptors (Lipinski definition) is 3. The molecular formula is C12H17NO3. The van der Waals surface area contributed by atoms with Crippen LogP contribution in [0.15, 0.2) is 24.3 Å². The van der Waals surface area contributed by atoms with Crippen molar-refractivity contribution in [2.75, 3.05) is 18.5 Å². The normalized spacial score (nSPS) is 10.4. The summed E-state index contributed by atoms with van der Waals surface area (Å²) in [6.45, 7) is 4.59. The van der Waals surface area contributed by atoms with Gasteiger partial charge in [-0.05, 0) is 18.1 Å². The van der Waals surface area contributed by atoms with E-state index in [0.29, 0.717) is 18.2 Å². The van der Waals surface area contributed by atoms with Gasteiger partial charge in [-0.1, -0.05) is 26.0 Å². The Kier molecular flexibility index (Phi) is 4.79. The number of rotatable bonds is 5. The molecule has 0 bridgehead atoms. The van der Waals surface area contributed by atoms with Crippen LogP contribution >= 0.6 is 0 Å². The van der Waals surface area contributed by atoms with Crippen LogP contribution in [0, 0.1) is 5.92 Å². The highest BCUT2D eigenvalue weighted by Crippen LogP contribution is 2.21. The Morgan fingerprint density at radius 3 is 2.75 bits per heavy atom. The molecular weight excluding hydrogens is 206 g/mol. The SMILES string of the molecule is CC(C)COCC(=O)Nc1ccccc1O. The van der Waals surface area contributed by atoms with Gasteiger partial charge in [0.05, 0.1) is 5.69 Å². The number of ether oxygens (including phenoxy) is 1. The minimum Gasteiger partial charge on any atom is -0.506 e. The van der Waals surface area contributed by atoms with E-state index in [1.165, 1.54) is 6.07 Å². The summed E-state index contributed by atoms with van der Waals surface area (Å²) in [4.78, 5) is 11.4. The van der Waals surface area contributed by atoms with Gasteiger partial charge in [-0.2, -0.15) is 0 Å². The molecule has 0 saturated carbocycles. The topological polar surface area (TPSA) is 58.6 Å². The Morgan fingerprint density at radius 1 is 1.44 bits per heavy atom. The van der Waals surface area contributed by atoms with Gasteiger partial charge < -0.3 is 15.2 Å². The third kappa shape index (κ3) is 4.31. The molecule has 0 atom stereocenters. The molecule has 0 unspecified atom stereocenters. The highest BCUT2D eigenvalue weighted by atomic mass is 16.5. The monoisotopic (exact) mass is 223 g/mol. The van der Waals surface area contributed by atoms with Crippen molar-refractivity contribution in [3.05, 3.63) is 24.3 Å². The third-order valence-electron chi connectivity index (χ3n) is 1.86. The average Bonchev–Trinajstić information content (AvgIpc) is 2.21. The summed E-state index contributed by atoms with van der Waals surface area (Å²) < 4.78 is 5.18. The van der Waals surface area contributed by atoms with Crippen LogP contribution in [0.3, 0.4) is 0 Å². The molecule has 0 aromatic heterocycles. The Morgan fingerprint density at radius 2 is 2.12 bits per heavy atom. The molecule has 88 valence electrons. The fourth-order valence-corrected chi connectivity index (χ4v) is 1.15. The van der Waals surface area contributed by atoms with Gasteiger partial charge in [0.2, 0.25) is 5.91 Å². The number of carbonyl (C=O) groups is 1. The average molecular weight is 223 g/mol. The van der Waals surface area contributed by atoms with Crippen molar-refractivity contribution in [2.24, 2.45) is 5.92 Å². The Hall–Kier alpha value is -1.55.